The third kappa shape index (κ3) is 3.63. The number of aryl methyl sites for hydroxylation is 1. The predicted octanol–water partition coefficient (Wildman–Crippen LogP) is 11.1. The fourth-order valence-electron chi connectivity index (χ4n) is 7.65. The summed E-state index contributed by atoms with van der Waals surface area (Å²) in [7, 11) is 0. The molecule has 1 spiro atoms. The highest BCUT2D eigenvalue weighted by atomic mass is 14.5. The van der Waals surface area contributed by atoms with Gasteiger partial charge in [-0.1, -0.05) is 158 Å². The van der Waals surface area contributed by atoms with E-state index < -0.39 is 0 Å². The van der Waals surface area contributed by atoms with Gasteiger partial charge in [0.1, 0.15) is 0 Å². The van der Waals surface area contributed by atoms with Crippen LogP contribution in [0.5, 0.6) is 0 Å². The van der Waals surface area contributed by atoms with Crippen molar-refractivity contribution in [3.05, 3.63) is 191 Å². The highest BCUT2D eigenvalue weighted by Gasteiger charge is 2.51. The molecule has 0 fully saturated rings. The maximum Gasteiger partial charge on any atom is 0.0725 e. The third-order valence-electron chi connectivity index (χ3n) is 9.45. The molecule has 0 N–H and O–H groups in total. The summed E-state index contributed by atoms with van der Waals surface area (Å²) in [6.07, 6.45) is 2.23. The number of benzene rings is 6. The van der Waals surface area contributed by atoms with E-state index in [0.717, 1.165) is 5.57 Å². The van der Waals surface area contributed by atoms with Crippen molar-refractivity contribution in [1.29, 1.82) is 0 Å². The van der Waals surface area contributed by atoms with E-state index >= 15 is 0 Å². The predicted molar refractivity (Wildman–Crippen MR) is 182 cm³/mol. The van der Waals surface area contributed by atoms with Crippen LogP contribution in [0.15, 0.2) is 152 Å². The van der Waals surface area contributed by atoms with E-state index in [0.29, 0.717) is 0 Å². The smallest absolute Gasteiger partial charge is 0.0725 e. The van der Waals surface area contributed by atoms with Crippen molar-refractivity contribution in [2.24, 2.45) is 0 Å². The lowest BCUT2D eigenvalue weighted by molar-refractivity contribution is 0.794. The standard InChI is InChI=1S/C43H32/c1-28-24-25-32(37(26-28)30(3)27-29(2)31-14-5-4-6-15-31)35-19-13-23-41-42(35)36-18-9-12-22-40(36)43(41)38-20-10-7-16-33(38)34-17-8-11-21-39(34)43/h4-27H,3H2,1-2H3/b29-27+. The molecular weight excluding hydrogens is 516 g/mol. The molecule has 0 aliphatic heterocycles. The lowest BCUT2D eigenvalue weighted by atomic mass is 9.70. The highest BCUT2D eigenvalue weighted by molar-refractivity contribution is 6.02. The van der Waals surface area contributed by atoms with Gasteiger partial charge in [0, 0.05) is 0 Å². The van der Waals surface area contributed by atoms with Crippen LogP contribution in [0.2, 0.25) is 0 Å². The second-order valence-electron chi connectivity index (χ2n) is 11.9. The molecule has 0 radical (unpaired) electrons. The van der Waals surface area contributed by atoms with E-state index in [2.05, 4.69) is 166 Å². The SMILES string of the molecule is C=C(/C=C(\C)c1ccccc1)c1cc(C)ccc1-c1cccc2c1-c1ccccc1C21c2ccccc2-c2ccccc21. The quantitative estimate of drug-likeness (QED) is 0.192. The zero-order valence-electron chi connectivity index (χ0n) is 24.6. The number of fused-ring (bicyclic) bond motifs is 10. The van der Waals surface area contributed by atoms with Crippen LogP contribution in [0.3, 0.4) is 0 Å². The first-order chi connectivity index (χ1) is 21.1. The van der Waals surface area contributed by atoms with Gasteiger partial charge in [0.15, 0.2) is 0 Å². The van der Waals surface area contributed by atoms with Gasteiger partial charge in [0.05, 0.1) is 5.41 Å². The molecule has 0 heteroatoms. The lowest BCUT2D eigenvalue weighted by Gasteiger charge is -2.30. The van der Waals surface area contributed by atoms with E-state index in [4.69, 9.17) is 0 Å². The van der Waals surface area contributed by atoms with Gasteiger partial charge in [-0.3, -0.25) is 0 Å². The summed E-state index contributed by atoms with van der Waals surface area (Å²) >= 11 is 0. The monoisotopic (exact) mass is 548 g/mol. The summed E-state index contributed by atoms with van der Waals surface area (Å²) in [6, 6.07) is 51.3. The van der Waals surface area contributed by atoms with Crippen LogP contribution < -0.4 is 0 Å². The van der Waals surface area contributed by atoms with E-state index in [1.807, 2.05) is 0 Å². The van der Waals surface area contributed by atoms with E-state index in [1.165, 1.54) is 77.9 Å². The molecule has 0 aromatic heterocycles. The summed E-state index contributed by atoms with van der Waals surface area (Å²) in [4.78, 5) is 0. The van der Waals surface area contributed by atoms with Gasteiger partial charge in [0.25, 0.3) is 0 Å². The molecule has 0 bridgehead atoms. The van der Waals surface area contributed by atoms with Gasteiger partial charge in [0.2, 0.25) is 0 Å². The molecule has 43 heavy (non-hydrogen) atoms. The van der Waals surface area contributed by atoms with E-state index in [-0.39, 0.29) is 5.41 Å². The molecule has 0 nitrogen and oxygen atoms in total. The third-order valence-corrected chi connectivity index (χ3v) is 9.45. The van der Waals surface area contributed by atoms with Crippen LogP contribution in [0.1, 0.15) is 45.9 Å². The van der Waals surface area contributed by atoms with Crippen molar-refractivity contribution >= 4 is 11.1 Å². The van der Waals surface area contributed by atoms with Crippen molar-refractivity contribution in [2.75, 3.05) is 0 Å². The summed E-state index contributed by atoms with van der Waals surface area (Å²) in [5.74, 6) is 0. The highest BCUT2D eigenvalue weighted by Crippen LogP contribution is 2.64. The largest absolute Gasteiger partial charge is 0.0911 e. The first kappa shape index (κ1) is 25.5. The van der Waals surface area contributed by atoms with Gasteiger partial charge in [-0.25, -0.2) is 0 Å². The fourth-order valence-corrected chi connectivity index (χ4v) is 7.65. The van der Waals surface area contributed by atoms with Gasteiger partial charge in [-0.15, -0.1) is 0 Å². The van der Waals surface area contributed by atoms with Crippen LogP contribution >= 0.6 is 0 Å². The molecule has 0 amide bonds. The molecule has 6 aromatic carbocycles. The van der Waals surface area contributed by atoms with Crippen LogP contribution in [-0.4, -0.2) is 0 Å². The maximum absolute atomic E-state index is 4.61. The average Bonchev–Trinajstić information content (AvgIpc) is 3.53. The average molecular weight is 549 g/mol. The molecule has 6 aromatic rings. The second-order valence-corrected chi connectivity index (χ2v) is 11.9. The molecule has 0 saturated carbocycles. The second kappa shape index (κ2) is 9.68. The zero-order chi connectivity index (χ0) is 29.1. The lowest BCUT2D eigenvalue weighted by Crippen LogP contribution is -2.25. The Kier molecular flexibility index (Phi) is 5.74. The Labute approximate surface area is 254 Å². The Balaban J connectivity index is 1.40. The van der Waals surface area contributed by atoms with Crippen LogP contribution in [0.4, 0.5) is 0 Å². The van der Waals surface area contributed by atoms with Gasteiger partial charge in [-0.05, 0) is 91.8 Å². The summed E-state index contributed by atoms with van der Waals surface area (Å²) < 4.78 is 0. The minimum Gasteiger partial charge on any atom is -0.0911 e. The van der Waals surface area contributed by atoms with Gasteiger partial charge >= 0.3 is 0 Å². The minimum absolute atomic E-state index is 0.346. The Morgan fingerprint density at radius 2 is 1.07 bits per heavy atom. The van der Waals surface area contributed by atoms with Crippen molar-refractivity contribution in [3.8, 4) is 33.4 Å². The van der Waals surface area contributed by atoms with Gasteiger partial charge in [-0.2, -0.15) is 0 Å². The summed E-state index contributed by atoms with van der Waals surface area (Å²) in [6.45, 7) is 8.95. The molecule has 0 unspecified atom stereocenters. The molecular formula is C43H32. The zero-order valence-corrected chi connectivity index (χ0v) is 24.6. The Hall–Kier alpha value is -5.20. The van der Waals surface area contributed by atoms with Crippen LogP contribution in [-0.2, 0) is 5.41 Å². The topological polar surface area (TPSA) is 0 Å². The fraction of sp³-hybridized carbons (Fsp3) is 0.0698. The van der Waals surface area contributed by atoms with E-state index in [9.17, 15) is 0 Å². The minimum atomic E-state index is -0.346. The Bertz CT molecular complexity index is 2060. The van der Waals surface area contributed by atoms with Crippen LogP contribution in [0, 0.1) is 6.92 Å². The molecule has 2 aliphatic carbocycles. The normalized spacial score (nSPS) is 13.8. The summed E-state index contributed by atoms with van der Waals surface area (Å²) in [5, 5.41) is 0. The molecule has 204 valence electrons. The Morgan fingerprint density at radius 3 is 1.74 bits per heavy atom. The number of allylic oxidation sites excluding steroid dienone is 3. The number of hydrogen-bond acceptors (Lipinski definition) is 0. The van der Waals surface area contributed by atoms with Crippen molar-refractivity contribution in [3.63, 3.8) is 0 Å². The molecule has 2 aliphatic rings. The summed E-state index contributed by atoms with van der Waals surface area (Å²) in [5.41, 5.74) is 18.7. The maximum atomic E-state index is 4.61. The number of hydrogen-bond donors (Lipinski definition) is 0. The molecule has 0 heterocycles. The van der Waals surface area contributed by atoms with Crippen molar-refractivity contribution < 1.29 is 0 Å². The first-order valence-corrected chi connectivity index (χ1v) is 15.1. The van der Waals surface area contributed by atoms with Crippen molar-refractivity contribution in [1.82, 2.24) is 0 Å². The molecule has 8 rings (SSSR count). The molecule has 0 saturated heterocycles. The van der Waals surface area contributed by atoms with Crippen molar-refractivity contribution in [2.45, 2.75) is 19.3 Å². The first-order valence-electron chi connectivity index (χ1n) is 15.1. The Morgan fingerprint density at radius 1 is 0.535 bits per heavy atom. The number of rotatable bonds is 4. The van der Waals surface area contributed by atoms with Crippen LogP contribution in [0.25, 0.3) is 44.5 Å². The van der Waals surface area contributed by atoms with E-state index in [1.54, 1.807) is 0 Å². The molecule has 0 atom stereocenters. The van der Waals surface area contributed by atoms with Gasteiger partial charge < -0.3 is 0 Å².